The van der Waals surface area contributed by atoms with Crippen LogP contribution in [0.1, 0.15) is 103 Å². The van der Waals surface area contributed by atoms with Gasteiger partial charge in [0.25, 0.3) is 6.43 Å². The van der Waals surface area contributed by atoms with Crippen molar-refractivity contribution in [1.82, 2.24) is 39.6 Å². The van der Waals surface area contributed by atoms with Crippen LogP contribution in [0.2, 0.25) is 0 Å². The number of aryl methyl sites for hydroxylation is 2. The molecule has 1 saturated heterocycles. The van der Waals surface area contributed by atoms with Crippen molar-refractivity contribution in [3.05, 3.63) is 70.4 Å². The van der Waals surface area contributed by atoms with Crippen LogP contribution in [0, 0.1) is 17.8 Å². The van der Waals surface area contributed by atoms with Crippen molar-refractivity contribution < 1.29 is 23.5 Å². The zero-order valence-electron chi connectivity index (χ0n) is 30.7. The van der Waals surface area contributed by atoms with E-state index < -0.39 is 12.4 Å². The van der Waals surface area contributed by atoms with Gasteiger partial charge in [-0.2, -0.15) is 10.2 Å². The van der Waals surface area contributed by atoms with E-state index in [4.69, 9.17) is 10.2 Å². The molecule has 282 valence electrons. The Morgan fingerprint density at radius 1 is 0.963 bits per heavy atom. The summed E-state index contributed by atoms with van der Waals surface area (Å²) in [6, 6.07) is 7.33. The summed E-state index contributed by atoms with van der Waals surface area (Å²) >= 11 is 0. The Labute approximate surface area is 313 Å². The summed E-state index contributed by atoms with van der Waals surface area (Å²) in [7, 11) is 1.79. The van der Waals surface area contributed by atoms with Gasteiger partial charge < -0.3 is 19.8 Å². The Hall–Kier alpha value is -5.16. The van der Waals surface area contributed by atoms with Crippen LogP contribution in [0.25, 0.3) is 11.1 Å². The molecule has 54 heavy (non-hydrogen) atoms. The molecule has 3 aromatic heterocycles. The monoisotopic (exact) mass is 737 g/mol. The fourth-order valence-electron chi connectivity index (χ4n) is 8.85. The van der Waals surface area contributed by atoms with Gasteiger partial charge >= 0.3 is 5.97 Å². The molecule has 12 nitrogen and oxygen atoms in total. The standard InChI is InChI=1S/C40H45F2N9O3/c1-25(52)49-19-15-36-34(24-49)39(50-16-3-4-27-20-32(28-22-43-47(2)23-28)33(38(41)42)21-37(27)50)46-51(36)31-13-17-48(18-14-31)30-10-6-26(7-11-30)5-8-29-9-12-35(40(53)54)45-44-29/h9,12,20-23,26,30-31,38H,3-4,6-7,10-11,13-19,24H2,1-2H3,(H,53,54). The van der Waals surface area contributed by atoms with Crippen molar-refractivity contribution in [2.75, 3.05) is 31.1 Å². The van der Waals surface area contributed by atoms with Crippen LogP contribution >= 0.6 is 0 Å². The SMILES string of the molecule is CC(=O)N1CCc2c(c(N3CCCc4cc(-c5cnn(C)c5)c(C(F)F)cc43)nn2C2CCN(C3CCC(C#Cc4ccc(C(=O)O)nn4)CC3)CC2)C1. The lowest BCUT2D eigenvalue weighted by atomic mass is 9.84. The predicted octanol–water partition coefficient (Wildman–Crippen LogP) is 5.95. The van der Waals surface area contributed by atoms with Crippen molar-refractivity contribution in [2.24, 2.45) is 13.0 Å². The highest BCUT2D eigenvalue weighted by Crippen LogP contribution is 2.44. The third-order valence-electron chi connectivity index (χ3n) is 11.7. The average molecular weight is 738 g/mol. The number of hydrogen-bond donors (Lipinski definition) is 1. The predicted molar refractivity (Wildman–Crippen MR) is 197 cm³/mol. The summed E-state index contributed by atoms with van der Waals surface area (Å²) in [6.45, 7) is 5.32. The normalized spacial score (nSPS) is 20.7. The first-order chi connectivity index (χ1) is 26.1. The van der Waals surface area contributed by atoms with Crippen molar-refractivity contribution in [1.29, 1.82) is 0 Å². The number of carboxylic acids is 1. The molecule has 3 aliphatic heterocycles. The molecule has 1 aliphatic carbocycles. The number of carboxylic acid groups (broad SMARTS) is 1. The number of halogens is 2. The molecule has 2 fully saturated rings. The van der Waals surface area contributed by atoms with Gasteiger partial charge in [-0.3, -0.25) is 14.2 Å². The van der Waals surface area contributed by atoms with Gasteiger partial charge in [-0.1, -0.05) is 5.92 Å². The molecule has 0 bridgehead atoms. The van der Waals surface area contributed by atoms with Gasteiger partial charge in [0.15, 0.2) is 11.5 Å². The number of carbonyl (C=O) groups is 2. The maximum absolute atomic E-state index is 14.7. The Kier molecular flexibility index (Phi) is 9.91. The molecule has 0 spiro atoms. The van der Waals surface area contributed by atoms with Crippen LogP contribution in [0.15, 0.2) is 36.7 Å². The molecular formula is C40H45F2N9O3. The quantitative estimate of drug-likeness (QED) is 0.239. The van der Waals surface area contributed by atoms with Gasteiger partial charge in [0.05, 0.1) is 18.8 Å². The summed E-state index contributed by atoms with van der Waals surface area (Å²) in [4.78, 5) is 30.3. The lowest BCUT2D eigenvalue weighted by molar-refractivity contribution is -0.129. The second-order valence-corrected chi connectivity index (χ2v) is 15.1. The Morgan fingerprint density at radius 2 is 1.76 bits per heavy atom. The highest BCUT2D eigenvalue weighted by molar-refractivity contribution is 5.85. The van der Waals surface area contributed by atoms with E-state index >= 15 is 0 Å². The minimum atomic E-state index is -2.65. The lowest BCUT2D eigenvalue weighted by Gasteiger charge is -2.40. The second kappa shape index (κ2) is 14.9. The largest absolute Gasteiger partial charge is 0.476 e. The first kappa shape index (κ1) is 35.8. The molecule has 1 amide bonds. The van der Waals surface area contributed by atoms with Gasteiger partial charge in [0.1, 0.15) is 5.69 Å². The summed E-state index contributed by atoms with van der Waals surface area (Å²) in [5.41, 5.74) is 5.56. The first-order valence-electron chi connectivity index (χ1n) is 19.0. The third-order valence-corrected chi connectivity index (χ3v) is 11.7. The Balaban J connectivity index is 0.991. The van der Waals surface area contributed by atoms with E-state index in [0.29, 0.717) is 48.9 Å². The van der Waals surface area contributed by atoms with Crippen molar-refractivity contribution in [3.63, 3.8) is 0 Å². The molecule has 1 N–H and O–H groups in total. The first-order valence-corrected chi connectivity index (χ1v) is 19.0. The number of amides is 1. The summed E-state index contributed by atoms with van der Waals surface area (Å²) in [5.74, 6) is 6.40. The van der Waals surface area contributed by atoms with Crippen molar-refractivity contribution >= 4 is 23.4 Å². The molecule has 4 aliphatic rings. The number of alkyl halides is 2. The minimum Gasteiger partial charge on any atom is -0.476 e. The van der Waals surface area contributed by atoms with Crippen LogP contribution in [0.5, 0.6) is 0 Å². The van der Waals surface area contributed by atoms with Gasteiger partial charge in [0.2, 0.25) is 5.91 Å². The third kappa shape index (κ3) is 7.09. The molecular weight excluding hydrogens is 692 g/mol. The average Bonchev–Trinajstić information content (AvgIpc) is 3.80. The second-order valence-electron chi connectivity index (χ2n) is 15.1. The highest BCUT2D eigenvalue weighted by Gasteiger charge is 2.36. The fraction of sp³-hybridized carbons (Fsp3) is 0.500. The van der Waals surface area contributed by atoms with Crippen LogP contribution in [-0.2, 0) is 31.2 Å². The number of hydrogen-bond acceptors (Lipinski definition) is 8. The van der Waals surface area contributed by atoms with E-state index in [0.717, 1.165) is 92.8 Å². The van der Waals surface area contributed by atoms with Crippen LogP contribution in [0.4, 0.5) is 20.3 Å². The van der Waals surface area contributed by atoms with Crippen LogP contribution < -0.4 is 4.90 Å². The van der Waals surface area contributed by atoms with Gasteiger partial charge in [-0.25, -0.2) is 13.6 Å². The van der Waals surface area contributed by atoms with E-state index in [9.17, 15) is 18.4 Å². The van der Waals surface area contributed by atoms with E-state index in [-0.39, 0.29) is 29.1 Å². The smallest absolute Gasteiger partial charge is 0.356 e. The van der Waals surface area contributed by atoms with Gasteiger partial charge in [-0.15, -0.1) is 10.2 Å². The topological polar surface area (TPSA) is 126 Å². The fourth-order valence-corrected chi connectivity index (χ4v) is 8.85. The van der Waals surface area contributed by atoms with Crippen molar-refractivity contribution in [2.45, 2.75) is 89.8 Å². The van der Waals surface area contributed by atoms with Crippen molar-refractivity contribution in [3.8, 4) is 23.0 Å². The summed E-state index contributed by atoms with van der Waals surface area (Å²) in [6.07, 6.45) is 9.24. The number of fused-ring (bicyclic) bond motifs is 2. The number of benzene rings is 1. The number of rotatable bonds is 6. The maximum Gasteiger partial charge on any atom is 0.356 e. The number of carbonyl (C=O) groups excluding carboxylic acids is 1. The summed E-state index contributed by atoms with van der Waals surface area (Å²) in [5, 5.41) is 26.3. The van der Waals surface area contributed by atoms with E-state index in [1.807, 2.05) is 11.0 Å². The number of aromatic nitrogens is 6. The Morgan fingerprint density at radius 3 is 2.43 bits per heavy atom. The molecule has 8 rings (SSSR count). The highest BCUT2D eigenvalue weighted by atomic mass is 19.3. The number of aromatic carboxylic acids is 1. The van der Waals surface area contributed by atoms with E-state index in [1.54, 1.807) is 43.2 Å². The molecule has 0 unspecified atom stereocenters. The zero-order valence-corrected chi connectivity index (χ0v) is 30.7. The number of piperidine rings is 1. The molecule has 0 atom stereocenters. The van der Waals surface area contributed by atoms with Crippen LogP contribution in [-0.4, -0.2) is 88.8 Å². The minimum absolute atomic E-state index is 0.0117. The number of likely N-dealkylation sites (tertiary alicyclic amines) is 1. The van der Waals surface area contributed by atoms with Gasteiger partial charge in [0, 0.05) is 92.8 Å². The summed E-state index contributed by atoms with van der Waals surface area (Å²) < 4.78 is 33.2. The lowest BCUT2D eigenvalue weighted by Crippen LogP contribution is -2.44. The molecule has 1 saturated carbocycles. The van der Waals surface area contributed by atoms with Crippen LogP contribution in [0.3, 0.4) is 0 Å². The van der Waals surface area contributed by atoms with Gasteiger partial charge in [-0.05, 0) is 92.7 Å². The number of anilines is 2. The number of nitrogens with zero attached hydrogens (tertiary/aromatic N) is 9. The zero-order chi connectivity index (χ0) is 37.5. The molecule has 1 aromatic carbocycles. The molecule has 4 aromatic rings. The Bertz CT molecular complexity index is 2100. The maximum atomic E-state index is 14.7. The molecule has 14 heteroatoms. The van der Waals surface area contributed by atoms with E-state index in [1.165, 1.54) is 6.07 Å². The van der Waals surface area contributed by atoms with E-state index in [2.05, 4.69) is 41.6 Å². The molecule has 0 radical (unpaired) electrons. The molecule has 6 heterocycles.